The number of carbonyl (C=O) groups excluding carboxylic acids is 3. The highest BCUT2D eigenvalue weighted by atomic mass is 16.6. The lowest BCUT2D eigenvalue weighted by Gasteiger charge is -2.18. The quantitative estimate of drug-likeness (QED) is 0.0262. The van der Waals surface area contributed by atoms with E-state index in [1.54, 1.807) is 0 Å². The third kappa shape index (κ3) is 52.4. The third-order valence-corrected chi connectivity index (χ3v) is 10.7. The van der Waals surface area contributed by atoms with Crippen molar-refractivity contribution < 1.29 is 28.6 Å². The van der Waals surface area contributed by atoms with E-state index in [1.807, 2.05) is 0 Å². The highest BCUT2D eigenvalue weighted by Crippen LogP contribution is 2.13. The van der Waals surface area contributed by atoms with E-state index in [2.05, 4.69) is 154 Å². The van der Waals surface area contributed by atoms with Gasteiger partial charge in [-0.3, -0.25) is 14.4 Å². The Bertz CT molecular complexity index is 1480. The molecule has 0 fully saturated rings. The van der Waals surface area contributed by atoms with Gasteiger partial charge in [0.15, 0.2) is 6.10 Å². The highest BCUT2D eigenvalue weighted by Gasteiger charge is 2.19. The molecule has 376 valence electrons. The summed E-state index contributed by atoms with van der Waals surface area (Å²) in [7, 11) is 0. The van der Waals surface area contributed by atoms with E-state index in [9.17, 15) is 14.4 Å². The van der Waals surface area contributed by atoms with Gasteiger partial charge >= 0.3 is 17.9 Å². The molecule has 0 N–H and O–H groups in total. The van der Waals surface area contributed by atoms with Gasteiger partial charge in [0, 0.05) is 19.3 Å². The van der Waals surface area contributed by atoms with Crippen molar-refractivity contribution in [2.75, 3.05) is 13.2 Å². The molecule has 0 amide bonds. The van der Waals surface area contributed by atoms with Gasteiger partial charge in [0.25, 0.3) is 0 Å². The molecule has 0 aromatic rings. The molecule has 6 nitrogen and oxygen atoms in total. The maximum atomic E-state index is 12.8. The second-order valence-corrected chi connectivity index (χ2v) is 17.0. The molecule has 0 aliphatic rings. The van der Waals surface area contributed by atoms with E-state index in [1.165, 1.54) is 32.1 Å². The molecule has 0 spiro atoms. The molecule has 0 saturated carbocycles. The zero-order valence-corrected chi connectivity index (χ0v) is 42.9. The minimum Gasteiger partial charge on any atom is -0.462 e. The Labute approximate surface area is 411 Å². The number of unbranched alkanes of at least 4 members (excludes halogenated alkanes) is 13. The van der Waals surface area contributed by atoms with Gasteiger partial charge in [-0.25, -0.2) is 0 Å². The Kier molecular flexibility index (Phi) is 50.6. The Morgan fingerprint density at radius 2 is 0.597 bits per heavy atom. The zero-order chi connectivity index (χ0) is 48.6. The van der Waals surface area contributed by atoms with E-state index in [-0.39, 0.29) is 37.5 Å². The minimum absolute atomic E-state index is 0.105. The molecule has 0 aliphatic heterocycles. The van der Waals surface area contributed by atoms with Crippen molar-refractivity contribution in [2.24, 2.45) is 0 Å². The fourth-order valence-corrected chi connectivity index (χ4v) is 6.71. The average Bonchev–Trinajstić information content (AvgIpc) is 3.33. The predicted molar refractivity (Wildman–Crippen MR) is 288 cm³/mol. The molecular weight excluding hydrogens is 829 g/mol. The van der Waals surface area contributed by atoms with Gasteiger partial charge in [0.2, 0.25) is 0 Å². The van der Waals surface area contributed by atoms with Gasteiger partial charge in [-0.05, 0) is 109 Å². The molecule has 0 heterocycles. The normalized spacial score (nSPS) is 13.2. The van der Waals surface area contributed by atoms with Crippen LogP contribution < -0.4 is 0 Å². The Morgan fingerprint density at radius 1 is 0.313 bits per heavy atom. The number of hydrogen-bond acceptors (Lipinski definition) is 6. The van der Waals surface area contributed by atoms with E-state index >= 15 is 0 Å². The predicted octanol–water partition coefficient (Wildman–Crippen LogP) is 17.9. The summed E-state index contributed by atoms with van der Waals surface area (Å²) in [5.74, 6) is -0.998. The number of hydrogen-bond donors (Lipinski definition) is 0. The first-order valence-electron chi connectivity index (χ1n) is 26.7. The number of rotatable bonds is 46. The van der Waals surface area contributed by atoms with Gasteiger partial charge < -0.3 is 14.2 Å². The lowest BCUT2D eigenvalue weighted by molar-refractivity contribution is -0.167. The fraction of sp³-hybridized carbons (Fsp3) is 0.590. The van der Waals surface area contributed by atoms with Gasteiger partial charge in [-0.1, -0.05) is 219 Å². The monoisotopic (exact) mass is 925 g/mol. The van der Waals surface area contributed by atoms with Crippen LogP contribution in [0.4, 0.5) is 0 Å². The van der Waals surface area contributed by atoms with Gasteiger partial charge in [0.05, 0.1) is 0 Å². The van der Waals surface area contributed by atoms with Gasteiger partial charge in [0.1, 0.15) is 13.2 Å². The summed E-state index contributed by atoms with van der Waals surface area (Å²) in [5.41, 5.74) is 0. The standard InChI is InChI=1S/C61H96O6/c1-4-7-10-13-15-17-19-21-23-25-27-29-30-32-33-35-37-39-41-43-45-48-51-54-60(63)66-57-58(56-65-59(62)53-50-47-12-9-6-3)67-61(64)55-52-49-46-44-42-40-38-36-34-31-28-26-24-22-20-18-16-14-11-8-5-2/h7-8,10-11,15-18,21-24,27-29,31-33,37,39,43,45,58H,4-6,9,12-14,19-20,25-26,30,34-36,38,40-42,44,46-57H2,1-3H3/b10-7-,11-8-,17-15-,18-16-,23-21-,24-22-,29-27-,31-28-,33-32-,39-37-,45-43-. The van der Waals surface area contributed by atoms with Crippen LogP contribution in [0.5, 0.6) is 0 Å². The second kappa shape index (κ2) is 54.2. The Hall–Kier alpha value is -4.45. The number of carbonyl (C=O) groups is 3. The smallest absolute Gasteiger partial charge is 0.306 e. The molecule has 67 heavy (non-hydrogen) atoms. The van der Waals surface area contributed by atoms with Crippen molar-refractivity contribution >= 4 is 17.9 Å². The molecular formula is C61H96O6. The summed E-state index contributed by atoms with van der Waals surface area (Å²) in [5, 5.41) is 0. The Morgan fingerprint density at radius 3 is 0.970 bits per heavy atom. The van der Waals surface area contributed by atoms with Crippen LogP contribution >= 0.6 is 0 Å². The van der Waals surface area contributed by atoms with Gasteiger partial charge in [-0.2, -0.15) is 0 Å². The van der Waals surface area contributed by atoms with Crippen LogP contribution in [0.25, 0.3) is 0 Å². The highest BCUT2D eigenvalue weighted by molar-refractivity contribution is 5.71. The van der Waals surface area contributed by atoms with Crippen LogP contribution in [-0.2, 0) is 28.6 Å². The third-order valence-electron chi connectivity index (χ3n) is 10.7. The minimum atomic E-state index is -0.807. The first kappa shape index (κ1) is 62.5. The maximum absolute atomic E-state index is 12.8. The molecule has 0 aromatic heterocycles. The molecule has 1 atom stereocenters. The maximum Gasteiger partial charge on any atom is 0.306 e. The molecule has 0 aromatic carbocycles. The van der Waals surface area contributed by atoms with Crippen molar-refractivity contribution in [3.63, 3.8) is 0 Å². The first-order valence-corrected chi connectivity index (χ1v) is 26.7. The van der Waals surface area contributed by atoms with Gasteiger partial charge in [-0.15, -0.1) is 0 Å². The summed E-state index contributed by atoms with van der Waals surface area (Å²) in [6.45, 7) is 6.25. The summed E-state index contributed by atoms with van der Waals surface area (Å²) < 4.78 is 16.6. The average molecular weight is 925 g/mol. The topological polar surface area (TPSA) is 78.9 Å². The summed E-state index contributed by atoms with van der Waals surface area (Å²) >= 11 is 0. The van der Waals surface area contributed by atoms with Crippen molar-refractivity contribution in [2.45, 2.75) is 219 Å². The van der Waals surface area contributed by atoms with E-state index in [0.717, 1.165) is 135 Å². The van der Waals surface area contributed by atoms with Crippen molar-refractivity contribution in [1.82, 2.24) is 0 Å². The van der Waals surface area contributed by atoms with Crippen LogP contribution in [0.15, 0.2) is 134 Å². The molecule has 0 radical (unpaired) electrons. The molecule has 0 bridgehead atoms. The van der Waals surface area contributed by atoms with Crippen molar-refractivity contribution in [3.8, 4) is 0 Å². The largest absolute Gasteiger partial charge is 0.462 e. The first-order chi connectivity index (χ1) is 33.0. The summed E-state index contributed by atoms with van der Waals surface area (Å²) in [6, 6.07) is 0. The van der Waals surface area contributed by atoms with E-state index < -0.39 is 6.10 Å². The van der Waals surface area contributed by atoms with E-state index in [0.29, 0.717) is 19.3 Å². The van der Waals surface area contributed by atoms with E-state index in [4.69, 9.17) is 14.2 Å². The number of ether oxygens (including phenoxy) is 3. The lowest BCUT2D eigenvalue weighted by atomic mass is 10.1. The lowest BCUT2D eigenvalue weighted by Crippen LogP contribution is -2.30. The van der Waals surface area contributed by atoms with Crippen LogP contribution in [0.2, 0.25) is 0 Å². The van der Waals surface area contributed by atoms with Crippen LogP contribution in [0, 0.1) is 0 Å². The molecule has 6 heteroatoms. The molecule has 0 aliphatic carbocycles. The van der Waals surface area contributed by atoms with Crippen LogP contribution in [0.3, 0.4) is 0 Å². The SMILES string of the molecule is CC/C=C\C/C=C\C/C=C\C/C=C\C/C=C\C/C=C\C/C=C\CCCC(=O)OCC(COC(=O)CCCCCCC)OC(=O)CCCCCCCCCC/C=C\C/C=C\C/C=C\C/C=C\CC. The van der Waals surface area contributed by atoms with Crippen molar-refractivity contribution in [3.05, 3.63) is 134 Å². The number of allylic oxidation sites excluding steroid dienone is 22. The molecule has 1 unspecified atom stereocenters. The zero-order valence-electron chi connectivity index (χ0n) is 42.9. The summed E-state index contributed by atoms with van der Waals surface area (Å²) in [4.78, 5) is 37.7. The summed E-state index contributed by atoms with van der Waals surface area (Å²) in [6.07, 6.45) is 76.2. The van der Waals surface area contributed by atoms with Crippen LogP contribution in [0.1, 0.15) is 213 Å². The number of esters is 3. The van der Waals surface area contributed by atoms with Crippen LogP contribution in [-0.4, -0.2) is 37.2 Å². The molecule has 0 saturated heterocycles. The fourth-order valence-electron chi connectivity index (χ4n) is 6.71. The van der Waals surface area contributed by atoms with Crippen molar-refractivity contribution in [1.29, 1.82) is 0 Å². The Balaban J connectivity index is 4.29. The second-order valence-electron chi connectivity index (χ2n) is 17.0. The molecule has 0 rings (SSSR count).